The number of aromatic nitrogens is 3. The van der Waals surface area contributed by atoms with Crippen molar-refractivity contribution in [2.75, 3.05) is 13.1 Å². The monoisotopic (exact) mass is 367 g/mol. The first-order chi connectivity index (χ1) is 13.2. The first-order valence-electron chi connectivity index (χ1n) is 10.2. The summed E-state index contributed by atoms with van der Waals surface area (Å²) in [6.07, 6.45) is 6.69. The van der Waals surface area contributed by atoms with E-state index < -0.39 is 0 Å². The van der Waals surface area contributed by atoms with Crippen LogP contribution in [0.4, 0.5) is 4.79 Å². The van der Waals surface area contributed by atoms with Crippen LogP contribution in [0.3, 0.4) is 0 Å². The van der Waals surface area contributed by atoms with Crippen LogP contribution in [0.25, 0.3) is 0 Å². The lowest BCUT2D eigenvalue weighted by molar-refractivity contribution is 0.177. The number of benzene rings is 1. The van der Waals surface area contributed by atoms with Gasteiger partial charge in [-0.05, 0) is 38.2 Å². The van der Waals surface area contributed by atoms with E-state index in [0.717, 1.165) is 56.1 Å². The highest BCUT2D eigenvalue weighted by atomic mass is 16.2. The summed E-state index contributed by atoms with van der Waals surface area (Å²) >= 11 is 0. The molecule has 1 aromatic carbocycles. The maximum Gasteiger partial charge on any atom is 0.317 e. The molecule has 3 heterocycles. The zero-order valence-electron chi connectivity index (χ0n) is 16.1. The summed E-state index contributed by atoms with van der Waals surface area (Å²) in [5, 5.41) is 12.1. The second-order valence-corrected chi connectivity index (χ2v) is 7.78. The number of hydrogen-bond donors (Lipinski definition) is 1. The normalized spacial score (nSPS) is 19.2. The second-order valence-electron chi connectivity index (χ2n) is 7.78. The average molecular weight is 367 g/mol. The van der Waals surface area contributed by atoms with Gasteiger partial charge in [0.25, 0.3) is 0 Å². The SMILES string of the molecule is CC(NC(=O)N1CCC(c2nnc3n2CCCCC3)CC1)c1ccccc1. The third kappa shape index (κ3) is 3.99. The lowest BCUT2D eigenvalue weighted by atomic mass is 9.96. The van der Waals surface area contributed by atoms with Crippen LogP contribution in [-0.4, -0.2) is 38.8 Å². The molecule has 0 radical (unpaired) electrons. The fourth-order valence-corrected chi connectivity index (χ4v) is 4.25. The molecular weight excluding hydrogens is 338 g/mol. The molecule has 0 saturated carbocycles. The number of urea groups is 1. The van der Waals surface area contributed by atoms with Gasteiger partial charge in [-0.2, -0.15) is 0 Å². The Morgan fingerprint density at radius 1 is 1.07 bits per heavy atom. The number of nitrogens with one attached hydrogen (secondary N) is 1. The number of likely N-dealkylation sites (tertiary alicyclic amines) is 1. The molecule has 144 valence electrons. The number of fused-ring (bicyclic) bond motifs is 1. The van der Waals surface area contributed by atoms with Gasteiger partial charge in [0.15, 0.2) is 0 Å². The minimum atomic E-state index is 0.0173. The summed E-state index contributed by atoms with van der Waals surface area (Å²) in [5.41, 5.74) is 1.13. The Morgan fingerprint density at radius 2 is 1.85 bits per heavy atom. The van der Waals surface area contributed by atoms with Crippen molar-refractivity contribution in [3.63, 3.8) is 0 Å². The van der Waals surface area contributed by atoms with E-state index in [1.165, 1.54) is 19.3 Å². The fourth-order valence-electron chi connectivity index (χ4n) is 4.25. The molecule has 2 aliphatic heterocycles. The van der Waals surface area contributed by atoms with Crippen molar-refractivity contribution < 1.29 is 4.79 Å². The highest BCUT2D eigenvalue weighted by molar-refractivity contribution is 5.74. The van der Waals surface area contributed by atoms with Crippen LogP contribution in [0.2, 0.25) is 0 Å². The molecule has 4 rings (SSSR count). The molecule has 6 heteroatoms. The molecule has 0 bridgehead atoms. The topological polar surface area (TPSA) is 63.1 Å². The van der Waals surface area contributed by atoms with Gasteiger partial charge in [0.2, 0.25) is 0 Å². The van der Waals surface area contributed by atoms with Crippen molar-refractivity contribution >= 4 is 6.03 Å². The highest BCUT2D eigenvalue weighted by Gasteiger charge is 2.28. The van der Waals surface area contributed by atoms with Crippen LogP contribution in [0.5, 0.6) is 0 Å². The largest absolute Gasteiger partial charge is 0.331 e. The molecule has 1 N–H and O–H groups in total. The molecule has 27 heavy (non-hydrogen) atoms. The summed E-state index contributed by atoms with van der Waals surface area (Å²) < 4.78 is 2.35. The molecule has 2 aliphatic rings. The van der Waals surface area contributed by atoms with Gasteiger partial charge in [-0.25, -0.2) is 4.79 Å². The molecule has 6 nitrogen and oxygen atoms in total. The van der Waals surface area contributed by atoms with Crippen LogP contribution >= 0.6 is 0 Å². The third-order valence-electron chi connectivity index (χ3n) is 5.92. The van der Waals surface area contributed by atoms with E-state index in [-0.39, 0.29) is 12.1 Å². The Balaban J connectivity index is 1.34. The van der Waals surface area contributed by atoms with E-state index in [1.54, 1.807) is 0 Å². The molecule has 1 saturated heterocycles. The molecule has 2 aromatic rings. The number of aryl methyl sites for hydroxylation is 1. The maximum absolute atomic E-state index is 12.6. The lowest BCUT2D eigenvalue weighted by Gasteiger charge is -2.32. The van der Waals surface area contributed by atoms with E-state index in [9.17, 15) is 4.79 Å². The Labute approximate surface area is 161 Å². The van der Waals surface area contributed by atoms with E-state index >= 15 is 0 Å². The molecule has 0 spiro atoms. The molecule has 1 aromatic heterocycles. The number of carbonyl (C=O) groups is 1. The van der Waals surface area contributed by atoms with Gasteiger partial charge in [-0.3, -0.25) is 0 Å². The predicted octanol–water partition coefficient (Wildman–Crippen LogP) is 3.65. The van der Waals surface area contributed by atoms with Gasteiger partial charge >= 0.3 is 6.03 Å². The van der Waals surface area contributed by atoms with Crippen LogP contribution in [0, 0.1) is 0 Å². The Kier molecular flexibility index (Phi) is 5.41. The smallest absolute Gasteiger partial charge is 0.317 e. The van der Waals surface area contributed by atoms with Crippen LogP contribution < -0.4 is 5.32 Å². The zero-order valence-corrected chi connectivity index (χ0v) is 16.1. The molecule has 1 unspecified atom stereocenters. The average Bonchev–Trinajstić information content (AvgIpc) is 2.97. The number of nitrogens with zero attached hydrogens (tertiary/aromatic N) is 4. The zero-order chi connectivity index (χ0) is 18.6. The minimum absolute atomic E-state index is 0.0173. The first-order valence-corrected chi connectivity index (χ1v) is 10.2. The second kappa shape index (κ2) is 8.11. The van der Waals surface area contributed by atoms with E-state index in [4.69, 9.17) is 0 Å². The molecule has 1 fully saturated rings. The fraction of sp³-hybridized carbons (Fsp3) is 0.571. The number of rotatable bonds is 3. The van der Waals surface area contributed by atoms with Crippen molar-refractivity contribution in [3.8, 4) is 0 Å². The summed E-state index contributed by atoms with van der Waals surface area (Å²) in [7, 11) is 0. The van der Waals surface area contributed by atoms with Gasteiger partial charge in [-0.15, -0.1) is 10.2 Å². The summed E-state index contributed by atoms with van der Waals surface area (Å²) in [6.45, 7) is 4.64. The third-order valence-corrected chi connectivity index (χ3v) is 5.92. The molecule has 0 aliphatic carbocycles. The predicted molar refractivity (Wildman–Crippen MR) is 105 cm³/mol. The van der Waals surface area contributed by atoms with Crippen LogP contribution in [-0.2, 0) is 13.0 Å². The summed E-state index contributed by atoms with van der Waals surface area (Å²) in [5.74, 6) is 2.71. The van der Waals surface area contributed by atoms with E-state index in [0.29, 0.717) is 5.92 Å². The van der Waals surface area contributed by atoms with Gasteiger partial charge in [-0.1, -0.05) is 36.8 Å². The molecular formula is C21H29N5O. The van der Waals surface area contributed by atoms with Crippen LogP contribution in [0.1, 0.15) is 68.2 Å². The number of hydrogen-bond acceptors (Lipinski definition) is 3. The summed E-state index contributed by atoms with van der Waals surface area (Å²) in [4.78, 5) is 14.6. The number of piperidine rings is 1. The van der Waals surface area contributed by atoms with Crippen LogP contribution in [0.15, 0.2) is 30.3 Å². The van der Waals surface area contributed by atoms with Crippen molar-refractivity contribution in [2.45, 2.75) is 64.0 Å². The minimum Gasteiger partial charge on any atom is -0.331 e. The number of amides is 2. The molecule has 2 amide bonds. The number of carbonyl (C=O) groups excluding carboxylic acids is 1. The molecule has 1 atom stereocenters. The van der Waals surface area contributed by atoms with Crippen molar-refractivity contribution in [1.29, 1.82) is 0 Å². The standard InChI is InChI=1S/C21H29N5O/c1-16(17-8-4-2-5-9-17)22-21(27)25-14-11-18(12-15-25)20-24-23-19-10-6-3-7-13-26(19)20/h2,4-5,8-9,16,18H,3,6-7,10-15H2,1H3,(H,22,27). The van der Waals surface area contributed by atoms with Crippen molar-refractivity contribution in [2.24, 2.45) is 0 Å². The Bertz CT molecular complexity index is 764. The van der Waals surface area contributed by atoms with Gasteiger partial charge in [0.05, 0.1) is 6.04 Å². The Morgan fingerprint density at radius 3 is 2.63 bits per heavy atom. The van der Waals surface area contributed by atoms with E-state index in [2.05, 4.69) is 20.1 Å². The first kappa shape index (κ1) is 18.0. The van der Waals surface area contributed by atoms with Crippen molar-refractivity contribution in [3.05, 3.63) is 47.5 Å². The van der Waals surface area contributed by atoms with Crippen molar-refractivity contribution in [1.82, 2.24) is 25.0 Å². The maximum atomic E-state index is 12.6. The van der Waals surface area contributed by atoms with Gasteiger partial charge in [0, 0.05) is 32.0 Å². The van der Waals surface area contributed by atoms with Gasteiger partial charge < -0.3 is 14.8 Å². The summed E-state index contributed by atoms with van der Waals surface area (Å²) in [6, 6.07) is 10.2. The lowest BCUT2D eigenvalue weighted by Crippen LogP contribution is -2.45. The highest BCUT2D eigenvalue weighted by Crippen LogP contribution is 2.29. The Hall–Kier alpha value is -2.37. The van der Waals surface area contributed by atoms with E-state index in [1.807, 2.05) is 42.2 Å². The van der Waals surface area contributed by atoms with Gasteiger partial charge in [0.1, 0.15) is 11.6 Å². The quantitative estimate of drug-likeness (QED) is 0.900.